The number of carbonyl (C=O) groups is 2. The summed E-state index contributed by atoms with van der Waals surface area (Å²) in [6.45, 7) is 5.39. The van der Waals surface area contributed by atoms with E-state index in [0.717, 1.165) is 5.56 Å². The third kappa shape index (κ3) is 3.85. The van der Waals surface area contributed by atoms with Gasteiger partial charge in [0.15, 0.2) is 0 Å². The molecule has 1 heterocycles. The Bertz CT molecular complexity index is 427. The highest BCUT2D eigenvalue weighted by atomic mass is 16.2. The van der Waals surface area contributed by atoms with Crippen LogP contribution >= 0.6 is 0 Å². The van der Waals surface area contributed by atoms with Crippen molar-refractivity contribution in [2.75, 3.05) is 11.9 Å². The minimum absolute atomic E-state index is 0.0305. The Labute approximate surface area is 106 Å². The topological polar surface area (TPSA) is 113 Å². The summed E-state index contributed by atoms with van der Waals surface area (Å²) >= 11 is 0. The number of carbonyl (C=O) groups excluding carboxylic acids is 2. The molecule has 5 N–H and O–H groups in total. The van der Waals surface area contributed by atoms with Crippen LogP contribution in [0.4, 0.5) is 5.82 Å². The molecule has 1 atom stereocenters. The number of nitrogens with two attached hydrogens (primary N) is 1. The summed E-state index contributed by atoms with van der Waals surface area (Å²) in [6, 6.07) is -0.605. The maximum Gasteiger partial charge on any atom is 0.244 e. The third-order valence-electron chi connectivity index (χ3n) is 2.54. The molecular weight excluding hydrogens is 234 g/mol. The minimum atomic E-state index is -0.605. The fraction of sp³-hybridized carbons (Fsp3) is 0.545. The predicted octanol–water partition coefficient (Wildman–Crippen LogP) is -0.244. The summed E-state index contributed by atoms with van der Waals surface area (Å²) in [5.41, 5.74) is 6.47. The van der Waals surface area contributed by atoms with Crippen LogP contribution in [0, 0.1) is 12.8 Å². The van der Waals surface area contributed by atoms with Gasteiger partial charge in [0.25, 0.3) is 0 Å². The Morgan fingerprint density at radius 2 is 2.17 bits per heavy atom. The second-order valence-electron chi connectivity index (χ2n) is 4.46. The van der Waals surface area contributed by atoms with Gasteiger partial charge < -0.3 is 16.4 Å². The molecule has 0 aromatic carbocycles. The number of aryl methyl sites for hydroxylation is 1. The number of hydrogen-bond donors (Lipinski definition) is 4. The van der Waals surface area contributed by atoms with Gasteiger partial charge in [0, 0.05) is 5.56 Å². The molecule has 0 bridgehead atoms. The summed E-state index contributed by atoms with van der Waals surface area (Å²) in [6.07, 6.45) is 1.60. The van der Waals surface area contributed by atoms with Gasteiger partial charge in [-0.3, -0.25) is 14.7 Å². The van der Waals surface area contributed by atoms with Gasteiger partial charge in [-0.05, 0) is 12.8 Å². The van der Waals surface area contributed by atoms with Crippen molar-refractivity contribution >= 4 is 17.6 Å². The number of amides is 2. The zero-order chi connectivity index (χ0) is 13.7. The summed E-state index contributed by atoms with van der Waals surface area (Å²) < 4.78 is 0. The molecule has 1 aromatic rings. The van der Waals surface area contributed by atoms with Crippen LogP contribution in [-0.4, -0.2) is 34.6 Å². The van der Waals surface area contributed by atoms with E-state index in [9.17, 15) is 9.59 Å². The number of H-pyrrole nitrogens is 1. The van der Waals surface area contributed by atoms with Gasteiger partial charge in [0.05, 0.1) is 18.8 Å². The number of nitrogens with zero attached hydrogens (tertiary/aromatic N) is 1. The average Bonchev–Trinajstić information content (AvgIpc) is 2.70. The van der Waals surface area contributed by atoms with Gasteiger partial charge in [-0.1, -0.05) is 13.8 Å². The Balaban J connectivity index is 2.38. The van der Waals surface area contributed by atoms with E-state index in [1.807, 2.05) is 20.8 Å². The van der Waals surface area contributed by atoms with E-state index in [1.54, 1.807) is 6.20 Å². The normalized spacial score (nSPS) is 12.3. The zero-order valence-electron chi connectivity index (χ0n) is 10.8. The summed E-state index contributed by atoms with van der Waals surface area (Å²) in [5.74, 6) is -0.0986. The second kappa shape index (κ2) is 6.15. The first-order valence-electron chi connectivity index (χ1n) is 5.75. The average molecular weight is 253 g/mol. The number of rotatable bonds is 5. The molecule has 7 nitrogen and oxygen atoms in total. The molecule has 0 radical (unpaired) electrons. The van der Waals surface area contributed by atoms with Crippen LogP contribution in [0.15, 0.2) is 6.20 Å². The number of aromatic amines is 1. The molecule has 0 aliphatic heterocycles. The molecular formula is C11H19N5O2. The molecule has 18 heavy (non-hydrogen) atoms. The monoisotopic (exact) mass is 253 g/mol. The van der Waals surface area contributed by atoms with E-state index < -0.39 is 6.04 Å². The summed E-state index contributed by atoms with van der Waals surface area (Å²) in [7, 11) is 0. The minimum Gasteiger partial charge on any atom is -0.346 e. The van der Waals surface area contributed by atoms with Crippen LogP contribution in [0.5, 0.6) is 0 Å². The van der Waals surface area contributed by atoms with E-state index in [2.05, 4.69) is 20.8 Å². The highest BCUT2D eigenvalue weighted by molar-refractivity contribution is 5.95. The molecule has 0 aliphatic rings. The third-order valence-corrected chi connectivity index (χ3v) is 2.54. The van der Waals surface area contributed by atoms with Gasteiger partial charge in [-0.2, -0.15) is 5.10 Å². The first-order valence-corrected chi connectivity index (χ1v) is 5.75. The smallest absolute Gasteiger partial charge is 0.244 e. The molecule has 7 heteroatoms. The van der Waals surface area contributed by atoms with Crippen LogP contribution < -0.4 is 16.4 Å². The second-order valence-corrected chi connectivity index (χ2v) is 4.46. The van der Waals surface area contributed by atoms with Crippen molar-refractivity contribution in [1.82, 2.24) is 15.5 Å². The lowest BCUT2D eigenvalue weighted by Gasteiger charge is -2.14. The Kier molecular flexibility index (Phi) is 4.85. The van der Waals surface area contributed by atoms with Crippen LogP contribution in [0.2, 0.25) is 0 Å². The number of nitrogens with one attached hydrogen (secondary N) is 3. The van der Waals surface area contributed by atoms with Crippen molar-refractivity contribution in [2.24, 2.45) is 11.7 Å². The molecule has 0 spiro atoms. The Morgan fingerprint density at radius 1 is 1.50 bits per heavy atom. The molecule has 1 aromatic heterocycles. The molecule has 0 unspecified atom stereocenters. The van der Waals surface area contributed by atoms with Crippen molar-refractivity contribution in [3.05, 3.63) is 11.8 Å². The molecule has 0 fully saturated rings. The van der Waals surface area contributed by atoms with Crippen LogP contribution in [0.25, 0.3) is 0 Å². The van der Waals surface area contributed by atoms with Gasteiger partial charge in [0.1, 0.15) is 5.82 Å². The summed E-state index contributed by atoms with van der Waals surface area (Å²) in [5, 5.41) is 11.5. The highest BCUT2D eigenvalue weighted by Crippen LogP contribution is 2.07. The first kappa shape index (κ1) is 14.2. The van der Waals surface area contributed by atoms with Gasteiger partial charge in [-0.25, -0.2) is 0 Å². The van der Waals surface area contributed by atoms with Crippen LogP contribution in [0.1, 0.15) is 19.4 Å². The van der Waals surface area contributed by atoms with E-state index in [0.29, 0.717) is 5.82 Å². The van der Waals surface area contributed by atoms with Crippen molar-refractivity contribution in [3.8, 4) is 0 Å². The fourth-order valence-electron chi connectivity index (χ4n) is 1.24. The lowest BCUT2D eigenvalue weighted by molar-refractivity contribution is -0.125. The van der Waals surface area contributed by atoms with Crippen molar-refractivity contribution in [3.63, 3.8) is 0 Å². The maximum absolute atomic E-state index is 11.5. The molecule has 0 saturated heterocycles. The predicted molar refractivity (Wildman–Crippen MR) is 67.8 cm³/mol. The molecule has 0 aliphatic carbocycles. The van der Waals surface area contributed by atoms with E-state index >= 15 is 0 Å². The number of aromatic nitrogens is 2. The number of anilines is 1. The molecule has 0 saturated carbocycles. The lowest BCUT2D eigenvalue weighted by Crippen LogP contribution is -2.46. The Morgan fingerprint density at radius 3 is 2.67 bits per heavy atom. The largest absolute Gasteiger partial charge is 0.346 e. The molecule has 100 valence electrons. The van der Waals surface area contributed by atoms with Crippen molar-refractivity contribution < 1.29 is 9.59 Å². The van der Waals surface area contributed by atoms with Crippen LogP contribution in [0.3, 0.4) is 0 Å². The highest BCUT2D eigenvalue weighted by Gasteiger charge is 2.17. The number of hydrogen-bond acceptors (Lipinski definition) is 4. The van der Waals surface area contributed by atoms with Gasteiger partial charge >= 0.3 is 0 Å². The van der Waals surface area contributed by atoms with Gasteiger partial charge in [0.2, 0.25) is 11.8 Å². The van der Waals surface area contributed by atoms with Gasteiger partial charge in [-0.15, -0.1) is 0 Å². The maximum atomic E-state index is 11.5. The van der Waals surface area contributed by atoms with E-state index in [4.69, 9.17) is 5.73 Å². The van der Waals surface area contributed by atoms with Crippen LogP contribution in [-0.2, 0) is 9.59 Å². The Hall–Kier alpha value is -1.89. The molecule has 1 rings (SSSR count). The zero-order valence-corrected chi connectivity index (χ0v) is 10.8. The molecule has 2 amide bonds. The first-order chi connectivity index (χ1) is 8.41. The van der Waals surface area contributed by atoms with Crippen molar-refractivity contribution in [2.45, 2.75) is 26.8 Å². The fourth-order valence-corrected chi connectivity index (χ4v) is 1.24. The van der Waals surface area contributed by atoms with E-state index in [1.165, 1.54) is 0 Å². The SMILES string of the molecule is Cc1cn[nH]c1NC(=O)CNC(=O)[C@@H](N)C(C)C. The van der Waals surface area contributed by atoms with Crippen molar-refractivity contribution in [1.29, 1.82) is 0 Å². The standard InChI is InChI=1S/C11H19N5O2/c1-6(2)9(12)11(18)13-5-8(17)15-10-7(3)4-14-16-10/h4,6,9H,5,12H2,1-3H3,(H,13,18)(H2,14,15,16,17)/t9-/m0/s1. The summed E-state index contributed by atoms with van der Waals surface area (Å²) in [4.78, 5) is 23.1. The van der Waals surface area contributed by atoms with E-state index in [-0.39, 0.29) is 24.3 Å². The lowest BCUT2D eigenvalue weighted by atomic mass is 10.1. The quantitative estimate of drug-likeness (QED) is 0.579.